The third kappa shape index (κ3) is 4.47. The number of amides is 1. The molecule has 1 aliphatic heterocycles. The highest BCUT2D eigenvalue weighted by atomic mass is 35.5. The fourth-order valence-corrected chi connectivity index (χ4v) is 3.45. The van der Waals surface area contributed by atoms with Crippen molar-refractivity contribution in [2.45, 2.75) is 51.5 Å². The van der Waals surface area contributed by atoms with E-state index in [2.05, 4.69) is 44.2 Å². The van der Waals surface area contributed by atoms with Gasteiger partial charge in [-0.15, -0.1) is 12.4 Å². The number of nitrogens with two attached hydrogens (primary N) is 1. The lowest BCUT2D eigenvalue weighted by atomic mass is 9.79. The number of likely N-dealkylation sites (tertiary alicyclic amines) is 1. The summed E-state index contributed by atoms with van der Waals surface area (Å²) < 4.78 is 0. The number of rotatable bonds is 5. The number of benzene rings is 1. The molecule has 0 radical (unpaired) electrons. The SMILES string of the molecule is CCCC(N)C(=O)N1CCC(c2ccccc2)C(CC)C1.Cl. The van der Waals surface area contributed by atoms with Gasteiger partial charge in [-0.2, -0.15) is 0 Å². The van der Waals surface area contributed by atoms with Gasteiger partial charge in [0.15, 0.2) is 0 Å². The minimum Gasteiger partial charge on any atom is -0.341 e. The van der Waals surface area contributed by atoms with Gasteiger partial charge in [0, 0.05) is 13.1 Å². The van der Waals surface area contributed by atoms with E-state index in [0.29, 0.717) is 11.8 Å². The Bertz CT molecular complexity index is 452. The van der Waals surface area contributed by atoms with Crippen LogP contribution in [-0.4, -0.2) is 29.9 Å². The summed E-state index contributed by atoms with van der Waals surface area (Å²) in [6.07, 6.45) is 3.90. The van der Waals surface area contributed by atoms with Crippen LogP contribution in [0.3, 0.4) is 0 Å². The van der Waals surface area contributed by atoms with E-state index in [-0.39, 0.29) is 24.4 Å². The highest BCUT2D eigenvalue weighted by molar-refractivity contribution is 5.85. The lowest BCUT2D eigenvalue weighted by Crippen LogP contribution is -2.49. The third-order valence-corrected chi connectivity index (χ3v) is 4.71. The van der Waals surface area contributed by atoms with Crippen molar-refractivity contribution in [1.29, 1.82) is 0 Å². The number of nitrogens with zero attached hydrogens (tertiary/aromatic N) is 1. The fourth-order valence-electron chi connectivity index (χ4n) is 3.45. The predicted octanol–water partition coefficient (Wildman–Crippen LogP) is 3.58. The Labute approximate surface area is 140 Å². The molecule has 4 heteroatoms. The first-order valence-electron chi connectivity index (χ1n) is 8.26. The van der Waals surface area contributed by atoms with Crippen molar-refractivity contribution in [3.8, 4) is 0 Å². The second-order valence-corrected chi connectivity index (χ2v) is 6.15. The normalized spacial score (nSPS) is 22.8. The maximum absolute atomic E-state index is 12.4. The van der Waals surface area contributed by atoms with Crippen LogP contribution in [0.25, 0.3) is 0 Å². The molecule has 0 saturated carbocycles. The summed E-state index contributed by atoms with van der Waals surface area (Å²) in [7, 11) is 0. The van der Waals surface area contributed by atoms with Crippen LogP contribution in [0.5, 0.6) is 0 Å². The molecular formula is C18H29ClN2O. The molecule has 1 aromatic carbocycles. The van der Waals surface area contributed by atoms with Gasteiger partial charge in [0.2, 0.25) is 5.91 Å². The number of hydrogen-bond acceptors (Lipinski definition) is 2. The van der Waals surface area contributed by atoms with E-state index in [1.165, 1.54) is 5.56 Å². The first-order chi connectivity index (χ1) is 10.2. The molecule has 2 N–H and O–H groups in total. The Morgan fingerprint density at radius 1 is 1.32 bits per heavy atom. The molecule has 0 spiro atoms. The van der Waals surface area contributed by atoms with Crippen molar-refractivity contribution in [3.05, 3.63) is 35.9 Å². The second-order valence-electron chi connectivity index (χ2n) is 6.15. The Balaban J connectivity index is 0.00000242. The molecular weight excluding hydrogens is 296 g/mol. The van der Waals surface area contributed by atoms with Crippen molar-refractivity contribution in [1.82, 2.24) is 4.90 Å². The molecule has 1 aliphatic rings. The standard InChI is InChI=1S/C18H28N2O.ClH/c1-3-8-17(19)18(21)20-12-11-16(14(4-2)13-20)15-9-6-5-7-10-15;/h5-7,9-10,14,16-17H,3-4,8,11-13,19H2,1-2H3;1H. The van der Waals surface area contributed by atoms with Crippen molar-refractivity contribution >= 4 is 18.3 Å². The average Bonchev–Trinajstić information content (AvgIpc) is 2.54. The van der Waals surface area contributed by atoms with Gasteiger partial charge in [-0.3, -0.25) is 4.79 Å². The molecule has 0 bridgehead atoms. The Morgan fingerprint density at radius 2 is 2.00 bits per heavy atom. The third-order valence-electron chi connectivity index (χ3n) is 4.71. The van der Waals surface area contributed by atoms with Crippen LogP contribution in [-0.2, 0) is 4.79 Å². The zero-order chi connectivity index (χ0) is 15.2. The smallest absolute Gasteiger partial charge is 0.239 e. The van der Waals surface area contributed by atoms with E-state index >= 15 is 0 Å². The monoisotopic (exact) mass is 324 g/mol. The number of carbonyl (C=O) groups excluding carboxylic acids is 1. The highest BCUT2D eigenvalue weighted by Gasteiger charge is 2.32. The van der Waals surface area contributed by atoms with E-state index < -0.39 is 0 Å². The van der Waals surface area contributed by atoms with Crippen LogP contribution in [0.4, 0.5) is 0 Å². The first-order valence-corrected chi connectivity index (χ1v) is 8.26. The van der Waals surface area contributed by atoms with Crippen LogP contribution in [0.2, 0.25) is 0 Å². The molecule has 1 amide bonds. The van der Waals surface area contributed by atoms with Gasteiger partial charge in [-0.05, 0) is 30.2 Å². The minimum absolute atomic E-state index is 0. The van der Waals surface area contributed by atoms with Gasteiger partial charge in [-0.1, -0.05) is 57.0 Å². The fraction of sp³-hybridized carbons (Fsp3) is 0.611. The Morgan fingerprint density at radius 3 is 2.59 bits per heavy atom. The highest BCUT2D eigenvalue weighted by Crippen LogP contribution is 2.35. The van der Waals surface area contributed by atoms with E-state index in [1.807, 2.05) is 4.90 Å². The van der Waals surface area contributed by atoms with Crippen molar-refractivity contribution in [2.24, 2.45) is 11.7 Å². The quantitative estimate of drug-likeness (QED) is 0.899. The maximum Gasteiger partial charge on any atom is 0.239 e. The summed E-state index contributed by atoms with van der Waals surface area (Å²) in [5, 5.41) is 0. The summed E-state index contributed by atoms with van der Waals surface area (Å²) >= 11 is 0. The van der Waals surface area contributed by atoms with E-state index in [4.69, 9.17) is 5.73 Å². The van der Waals surface area contributed by atoms with Crippen molar-refractivity contribution < 1.29 is 4.79 Å². The molecule has 1 saturated heterocycles. The topological polar surface area (TPSA) is 46.3 Å². The molecule has 1 heterocycles. The zero-order valence-corrected chi connectivity index (χ0v) is 14.5. The lowest BCUT2D eigenvalue weighted by Gasteiger charge is -2.39. The molecule has 1 aromatic rings. The molecule has 0 aliphatic carbocycles. The van der Waals surface area contributed by atoms with Crippen molar-refractivity contribution in [3.63, 3.8) is 0 Å². The molecule has 0 aromatic heterocycles. The lowest BCUT2D eigenvalue weighted by molar-refractivity contribution is -0.134. The van der Waals surface area contributed by atoms with Gasteiger partial charge >= 0.3 is 0 Å². The largest absolute Gasteiger partial charge is 0.341 e. The van der Waals surface area contributed by atoms with Gasteiger partial charge in [0.1, 0.15) is 0 Å². The van der Waals surface area contributed by atoms with E-state index in [1.54, 1.807) is 0 Å². The summed E-state index contributed by atoms with van der Waals surface area (Å²) in [6, 6.07) is 10.4. The summed E-state index contributed by atoms with van der Waals surface area (Å²) in [5.41, 5.74) is 7.41. The number of halogens is 1. The Hall–Kier alpha value is -1.06. The minimum atomic E-state index is -0.319. The molecule has 2 rings (SSSR count). The number of carbonyl (C=O) groups is 1. The van der Waals surface area contributed by atoms with Crippen LogP contribution in [0.15, 0.2) is 30.3 Å². The van der Waals surface area contributed by atoms with Gasteiger partial charge in [0.05, 0.1) is 6.04 Å². The summed E-state index contributed by atoms with van der Waals surface area (Å²) in [4.78, 5) is 14.4. The number of piperidine rings is 1. The van der Waals surface area contributed by atoms with E-state index in [9.17, 15) is 4.79 Å². The molecule has 3 unspecified atom stereocenters. The van der Waals surface area contributed by atoms with Gasteiger partial charge in [0.25, 0.3) is 0 Å². The average molecular weight is 325 g/mol. The molecule has 1 fully saturated rings. The predicted molar refractivity (Wildman–Crippen MR) is 94.3 cm³/mol. The van der Waals surface area contributed by atoms with Gasteiger partial charge in [-0.25, -0.2) is 0 Å². The molecule has 124 valence electrons. The van der Waals surface area contributed by atoms with Gasteiger partial charge < -0.3 is 10.6 Å². The molecule has 3 atom stereocenters. The van der Waals surface area contributed by atoms with E-state index in [0.717, 1.165) is 38.8 Å². The second kappa shape index (κ2) is 9.16. The summed E-state index contributed by atoms with van der Waals surface area (Å²) in [6.45, 7) is 5.99. The maximum atomic E-state index is 12.4. The summed E-state index contributed by atoms with van der Waals surface area (Å²) in [5.74, 6) is 1.25. The molecule has 3 nitrogen and oxygen atoms in total. The number of hydrogen-bond donors (Lipinski definition) is 1. The zero-order valence-electron chi connectivity index (χ0n) is 13.7. The Kier molecular flexibility index (Phi) is 7.91. The van der Waals surface area contributed by atoms with Crippen molar-refractivity contribution in [2.75, 3.05) is 13.1 Å². The first kappa shape index (κ1) is 19.0. The van der Waals surface area contributed by atoms with Crippen LogP contribution < -0.4 is 5.73 Å². The van der Waals surface area contributed by atoms with Crippen LogP contribution in [0.1, 0.15) is 51.0 Å². The van der Waals surface area contributed by atoms with Crippen LogP contribution in [0, 0.1) is 5.92 Å². The van der Waals surface area contributed by atoms with Crippen LogP contribution >= 0.6 is 12.4 Å². The molecule has 22 heavy (non-hydrogen) atoms.